The quantitative estimate of drug-likeness (QED) is 0.641. The molecule has 2 rings (SSSR count). The molecule has 0 aliphatic rings. The number of anilines is 1. The zero-order valence-electron chi connectivity index (χ0n) is 17.1. The summed E-state index contributed by atoms with van der Waals surface area (Å²) < 4.78 is 65.7. The van der Waals surface area contributed by atoms with Gasteiger partial charge >= 0.3 is 0 Å². The molecule has 0 fully saturated rings. The van der Waals surface area contributed by atoms with Crippen molar-refractivity contribution in [2.24, 2.45) is 0 Å². The van der Waals surface area contributed by atoms with E-state index in [-0.39, 0.29) is 21.2 Å². The molecule has 0 heterocycles. The Morgan fingerprint density at radius 2 is 1.55 bits per heavy atom. The lowest BCUT2D eigenvalue weighted by molar-refractivity contribution is 0.392. The van der Waals surface area contributed by atoms with Crippen LogP contribution in [0.5, 0.6) is 11.5 Å². The van der Waals surface area contributed by atoms with E-state index in [1.54, 1.807) is 32.9 Å². The van der Waals surface area contributed by atoms with Gasteiger partial charge in [0.25, 0.3) is 10.0 Å². The maximum absolute atomic E-state index is 12.9. The van der Waals surface area contributed by atoms with E-state index >= 15 is 0 Å². The van der Waals surface area contributed by atoms with Crippen LogP contribution < -0.4 is 14.2 Å². The van der Waals surface area contributed by atoms with E-state index < -0.39 is 20.0 Å². The molecule has 0 spiro atoms. The number of nitrogens with one attached hydrogen (secondary N) is 1. The highest BCUT2D eigenvalue weighted by Gasteiger charge is 2.26. The van der Waals surface area contributed by atoms with Gasteiger partial charge in [-0.15, -0.1) is 0 Å². The van der Waals surface area contributed by atoms with Crippen molar-refractivity contribution in [1.29, 1.82) is 0 Å². The minimum Gasteiger partial charge on any atom is -0.497 e. The summed E-state index contributed by atoms with van der Waals surface area (Å²) in [7, 11) is -5.01. The molecule has 29 heavy (non-hydrogen) atoms. The van der Waals surface area contributed by atoms with E-state index in [0.29, 0.717) is 24.4 Å². The summed E-state index contributed by atoms with van der Waals surface area (Å²) >= 11 is 0. The van der Waals surface area contributed by atoms with Crippen molar-refractivity contribution in [3.63, 3.8) is 0 Å². The predicted molar refractivity (Wildman–Crippen MR) is 112 cm³/mol. The van der Waals surface area contributed by atoms with Crippen LogP contribution in [0.3, 0.4) is 0 Å². The SMILES string of the molecule is CCN(CC)S(=O)(=O)c1cc(NS(=O)(=O)c2cc(OC)ccc2OC)ccc1C. The molecule has 0 saturated carbocycles. The molecule has 1 N–H and O–H groups in total. The van der Waals surface area contributed by atoms with E-state index in [2.05, 4.69) is 4.72 Å². The van der Waals surface area contributed by atoms with Crippen molar-refractivity contribution in [2.75, 3.05) is 32.0 Å². The van der Waals surface area contributed by atoms with Gasteiger partial charge in [-0.1, -0.05) is 19.9 Å². The number of ether oxygens (including phenoxy) is 2. The fourth-order valence-corrected chi connectivity index (χ4v) is 5.79. The Hall–Kier alpha value is -2.30. The first-order chi connectivity index (χ1) is 13.6. The molecular formula is C19H26N2O6S2. The minimum absolute atomic E-state index is 0.0546. The normalized spacial score (nSPS) is 12.1. The Morgan fingerprint density at radius 1 is 0.897 bits per heavy atom. The van der Waals surface area contributed by atoms with Crippen LogP contribution >= 0.6 is 0 Å². The van der Waals surface area contributed by atoms with E-state index in [4.69, 9.17) is 9.47 Å². The third-order valence-electron chi connectivity index (χ3n) is 4.42. The Labute approximate surface area is 172 Å². The average molecular weight is 443 g/mol. The summed E-state index contributed by atoms with van der Waals surface area (Å²) in [4.78, 5) is -0.0629. The maximum Gasteiger partial charge on any atom is 0.265 e. The van der Waals surface area contributed by atoms with Gasteiger partial charge in [0.05, 0.1) is 24.8 Å². The van der Waals surface area contributed by atoms with Crippen molar-refractivity contribution in [3.05, 3.63) is 42.0 Å². The van der Waals surface area contributed by atoms with Gasteiger partial charge in [0.2, 0.25) is 10.0 Å². The second-order valence-corrected chi connectivity index (χ2v) is 9.75. The van der Waals surface area contributed by atoms with Crippen LogP contribution in [0, 0.1) is 6.92 Å². The molecule has 0 amide bonds. The van der Waals surface area contributed by atoms with Crippen LogP contribution in [-0.4, -0.2) is 48.4 Å². The zero-order chi connectivity index (χ0) is 21.8. The van der Waals surface area contributed by atoms with Gasteiger partial charge < -0.3 is 9.47 Å². The van der Waals surface area contributed by atoms with Gasteiger partial charge in [-0.2, -0.15) is 4.31 Å². The fraction of sp³-hybridized carbons (Fsp3) is 0.368. The second kappa shape index (κ2) is 9.02. The first kappa shape index (κ1) is 23.0. The van der Waals surface area contributed by atoms with Crippen molar-refractivity contribution < 1.29 is 26.3 Å². The van der Waals surface area contributed by atoms with Gasteiger partial charge in [-0.05, 0) is 36.8 Å². The van der Waals surface area contributed by atoms with Crippen LogP contribution in [0.1, 0.15) is 19.4 Å². The summed E-state index contributed by atoms with van der Waals surface area (Å²) in [5.74, 6) is 0.487. The Morgan fingerprint density at radius 3 is 2.10 bits per heavy atom. The fourth-order valence-electron chi connectivity index (χ4n) is 2.85. The van der Waals surface area contributed by atoms with Crippen LogP contribution in [0.4, 0.5) is 5.69 Å². The van der Waals surface area contributed by atoms with Gasteiger partial charge in [0, 0.05) is 19.2 Å². The molecule has 0 aliphatic carbocycles. The van der Waals surface area contributed by atoms with Crippen molar-refractivity contribution in [3.8, 4) is 11.5 Å². The van der Waals surface area contributed by atoms with Gasteiger partial charge in [-0.3, -0.25) is 4.72 Å². The molecule has 0 atom stereocenters. The lowest BCUT2D eigenvalue weighted by Crippen LogP contribution is -2.31. The number of hydrogen-bond donors (Lipinski definition) is 1. The molecule has 2 aromatic rings. The number of sulfonamides is 2. The standard InChI is InChI=1S/C19H26N2O6S2/c1-6-21(7-2)29(24,25)18-12-15(9-8-14(18)3)20-28(22,23)19-13-16(26-4)10-11-17(19)27-5/h8-13,20H,6-7H2,1-5H3. The highest BCUT2D eigenvalue weighted by molar-refractivity contribution is 7.92. The van der Waals surface area contributed by atoms with Gasteiger partial charge in [-0.25, -0.2) is 16.8 Å². The maximum atomic E-state index is 12.9. The molecule has 0 unspecified atom stereocenters. The van der Waals surface area contributed by atoms with E-state index in [9.17, 15) is 16.8 Å². The Balaban J connectivity index is 2.51. The van der Waals surface area contributed by atoms with Gasteiger partial charge in [0.1, 0.15) is 16.4 Å². The van der Waals surface area contributed by atoms with E-state index in [1.807, 2.05) is 0 Å². The molecule has 2 aromatic carbocycles. The van der Waals surface area contributed by atoms with Crippen LogP contribution in [0.15, 0.2) is 46.2 Å². The first-order valence-corrected chi connectivity index (χ1v) is 11.9. The third-order valence-corrected chi connectivity index (χ3v) is 8.02. The monoisotopic (exact) mass is 442 g/mol. The van der Waals surface area contributed by atoms with Gasteiger partial charge in [0.15, 0.2) is 0 Å². The molecule has 10 heteroatoms. The lowest BCUT2D eigenvalue weighted by Gasteiger charge is -2.20. The van der Waals surface area contributed by atoms with Crippen molar-refractivity contribution in [2.45, 2.75) is 30.6 Å². The number of rotatable bonds is 9. The second-order valence-electron chi connectivity index (χ2n) is 6.19. The number of nitrogens with zero attached hydrogens (tertiary/aromatic N) is 1. The van der Waals surface area contributed by atoms with Crippen molar-refractivity contribution >= 4 is 25.7 Å². The molecule has 0 aromatic heterocycles. The number of methoxy groups -OCH3 is 2. The summed E-state index contributed by atoms with van der Waals surface area (Å²) in [6, 6.07) is 8.81. The van der Waals surface area contributed by atoms with Crippen LogP contribution in [0.2, 0.25) is 0 Å². The zero-order valence-corrected chi connectivity index (χ0v) is 18.7. The topological polar surface area (TPSA) is 102 Å². The number of aryl methyl sites for hydroxylation is 1. The molecule has 8 nitrogen and oxygen atoms in total. The average Bonchev–Trinajstić information content (AvgIpc) is 2.69. The smallest absolute Gasteiger partial charge is 0.265 e. The number of hydrogen-bond acceptors (Lipinski definition) is 6. The molecular weight excluding hydrogens is 416 g/mol. The summed E-state index contributed by atoms with van der Waals surface area (Å²) in [6.07, 6.45) is 0. The molecule has 0 bridgehead atoms. The summed E-state index contributed by atoms with van der Waals surface area (Å²) in [5.41, 5.74) is 0.657. The molecule has 0 radical (unpaired) electrons. The Bertz CT molecular complexity index is 1080. The first-order valence-electron chi connectivity index (χ1n) is 8.96. The third kappa shape index (κ3) is 4.82. The molecule has 160 valence electrons. The molecule has 0 saturated heterocycles. The summed E-state index contributed by atoms with van der Waals surface area (Å²) in [6.45, 7) is 5.79. The molecule has 0 aliphatic heterocycles. The minimum atomic E-state index is -4.06. The Kier molecular flexibility index (Phi) is 7.15. The van der Waals surface area contributed by atoms with Crippen LogP contribution in [-0.2, 0) is 20.0 Å². The highest BCUT2D eigenvalue weighted by atomic mass is 32.2. The van der Waals surface area contributed by atoms with Crippen LogP contribution in [0.25, 0.3) is 0 Å². The number of benzene rings is 2. The van der Waals surface area contributed by atoms with E-state index in [0.717, 1.165) is 0 Å². The van der Waals surface area contributed by atoms with E-state index in [1.165, 1.54) is 42.8 Å². The lowest BCUT2D eigenvalue weighted by atomic mass is 10.2. The largest absolute Gasteiger partial charge is 0.497 e. The predicted octanol–water partition coefficient (Wildman–Crippen LogP) is 2.84. The highest BCUT2D eigenvalue weighted by Crippen LogP contribution is 2.31. The van der Waals surface area contributed by atoms with Crippen molar-refractivity contribution in [1.82, 2.24) is 4.31 Å². The summed E-state index contributed by atoms with van der Waals surface area (Å²) in [5, 5.41) is 0.